The van der Waals surface area contributed by atoms with E-state index in [1.54, 1.807) is 13.3 Å². The van der Waals surface area contributed by atoms with E-state index in [-0.39, 0.29) is 24.2 Å². The first-order chi connectivity index (χ1) is 10.2. The molecular formula is C17H19ClN2O2. The summed E-state index contributed by atoms with van der Waals surface area (Å²) in [5.41, 5.74) is 10.1. The summed E-state index contributed by atoms with van der Waals surface area (Å²) in [6.45, 7) is 0. The van der Waals surface area contributed by atoms with Gasteiger partial charge in [-0.1, -0.05) is 18.2 Å². The molecule has 2 N–H and O–H groups in total. The van der Waals surface area contributed by atoms with Gasteiger partial charge in [-0.3, -0.25) is 4.79 Å². The summed E-state index contributed by atoms with van der Waals surface area (Å²) >= 11 is 0. The topological polar surface area (TPSA) is 65.2 Å². The van der Waals surface area contributed by atoms with E-state index < -0.39 is 0 Å². The Labute approximate surface area is 136 Å². The quantitative estimate of drug-likeness (QED) is 0.864. The number of halogens is 1. The van der Waals surface area contributed by atoms with Gasteiger partial charge in [0.2, 0.25) is 5.88 Å². The van der Waals surface area contributed by atoms with Gasteiger partial charge in [0.25, 0.3) is 0 Å². The van der Waals surface area contributed by atoms with Crippen molar-refractivity contribution in [1.82, 2.24) is 4.98 Å². The molecule has 0 bridgehead atoms. The van der Waals surface area contributed by atoms with E-state index in [0.717, 1.165) is 23.1 Å². The van der Waals surface area contributed by atoms with Crippen molar-refractivity contribution in [3.8, 4) is 17.0 Å². The summed E-state index contributed by atoms with van der Waals surface area (Å²) in [5.74, 6) is 0.677. The molecular weight excluding hydrogens is 300 g/mol. The van der Waals surface area contributed by atoms with Gasteiger partial charge in [-0.15, -0.1) is 12.4 Å². The Balaban J connectivity index is 0.00000176. The second kappa shape index (κ2) is 6.90. The van der Waals surface area contributed by atoms with Crippen LogP contribution in [0.2, 0.25) is 0 Å². The molecule has 0 saturated carbocycles. The molecule has 0 amide bonds. The Hall–Kier alpha value is -1.91. The van der Waals surface area contributed by atoms with E-state index >= 15 is 0 Å². The van der Waals surface area contributed by atoms with Crippen molar-refractivity contribution in [3.63, 3.8) is 0 Å². The zero-order chi connectivity index (χ0) is 14.8. The molecule has 22 heavy (non-hydrogen) atoms. The Morgan fingerprint density at radius 3 is 2.77 bits per heavy atom. The minimum absolute atomic E-state index is 0. The van der Waals surface area contributed by atoms with Gasteiger partial charge in [-0.25, -0.2) is 4.98 Å². The molecule has 0 fully saturated rings. The van der Waals surface area contributed by atoms with Crippen molar-refractivity contribution in [2.45, 2.75) is 25.3 Å². The Kier molecular flexibility index (Phi) is 5.16. The number of pyridine rings is 1. The van der Waals surface area contributed by atoms with Crippen LogP contribution in [0.15, 0.2) is 36.5 Å². The number of rotatable bonds is 2. The maximum absolute atomic E-state index is 12.1. The van der Waals surface area contributed by atoms with Crippen LogP contribution >= 0.6 is 12.4 Å². The maximum Gasteiger partial charge on any atom is 0.221 e. The first-order valence-corrected chi connectivity index (χ1v) is 7.09. The van der Waals surface area contributed by atoms with Gasteiger partial charge in [0.05, 0.1) is 13.2 Å². The molecule has 1 aromatic heterocycles. The SMILES string of the molecule is COc1ncccc1-c1cccc2c1CC(=O)C(N)CC2.Cl. The van der Waals surface area contributed by atoms with E-state index in [9.17, 15) is 4.79 Å². The molecule has 3 rings (SSSR count). The summed E-state index contributed by atoms with van der Waals surface area (Å²) in [6.07, 6.45) is 3.62. The molecule has 0 spiro atoms. The number of aromatic nitrogens is 1. The van der Waals surface area contributed by atoms with Crippen molar-refractivity contribution in [3.05, 3.63) is 47.7 Å². The highest BCUT2D eigenvalue weighted by molar-refractivity contribution is 5.89. The van der Waals surface area contributed by atoms with Crippen LogP contribution in [0.4, 0.5) is 0 Å². The second-order valence-electron chi connectivity index (χ2n) is 5.29. The summed E-state index contributed by atoms with van der Waals surface area (Å²) in [4.78, 5) is 16.4. The van der Waals surface area contributed by atoms with Crippen molar-refractivity contribution < 1.29 is 9.53 Å². The number of hydrogen-bond acceptors (Lipinski definition) is 4. The normalized spacial score (nSPS) is 17.2. The minimum Gasteiger partial charge on any atom is -0.481 e. The standard InChI is InChI=1S/C17H18N2O2.ClH/c1-21-17-13(6-3-9-19-17)12-5-2-4-11-7-8-15(18)16(20)10-14(11)12;/h2-6,9,15H,7-8,10,18H2,1H3;1H. The Morgan fingerprint density at radius 1 is 1.23 bits per heavy atom. The van der Waals surface area contributed by atoms with Crippen LogP contribution < -0.4 is 10.5 Å². The fourth-order valence-corrected chi connectivity index (χ4v) is 2.87. The number of benzene rings is 1. The summed E-state index contributed by atoms with van der Waals surface area (Å²) in [5, 5.41) is 0. The number of carbonyl (C=O) groups excluding carboxylic acids is 1. The summed E-state index contributed by atoms with van der Waals surface area (Å²) < 4.78 is 5.35. The number of aryl methyl sites for hydroxylation is 1. The largest absolute Gasteiger partial charge is 0.481 e. The molecule has 1 aliphatic carbocycles. The predicted octanol–water partition coefficient (Wildman–Crippen LogP) is 2.56. The monoisotopic (exact) mass is 318 g/mol. The van der Waals surface area contributed by atoms with Gasteiger partial charge >= 0.3 is 0 Å². The first kappa shape index (κ1) is 16.5. The zero-order valence-electron chi connectivity index (χ0n) is 12.4. The van der Waals surface area contributed by atoms with E-state index in [1.807, 2.05) is 24.3 Å². The number of hydrogen-bond donors (Lipinski definition) is 1. The molecule has 1 heterocycles. The molecule has 1 atom stereocenters. The highest BCUT2D eigenvalue weighted by atomic mass is 35.5. The lowest BCUT2D eigenvalue weighted by Crippen LogP contribution is -2.30. The van der Waals surface area contributed by atoms with Crippen molar-refractivity contribution in [2.75, 3.05) is 7.11 Å². The van der Waals surface area contributed by atoms with Crippen LogP contribution in [0, 0.1) is 0 Å². The molecule has 1 aromatic carbocycles. The molecule has 0 aliphatic heterocycles. The highest BCUT2D eigenvalue weighted by Crippen LogP contribution is 2.34. The minimum atomic E-state index is -0.360. The van der Waals surface area contributed by atoms with Crippen molar-refractivity contribution >= 4 is 18.2 Å². The number of fused-ring (bicyclic) bond motifs is 1. The fraction of sp³-hybridized carbons (Fsp3) is 0.294. The molecule has 1 aliphatic rings. The lowest BCUT2D eigenvalue weighted by atomic mass is 9.93. The first-order valence-electron chi connectivity index (χ1n) is 7.09. The van der Waals surface area contributed by atoms with Crippen LogP contribution in [0.25, 0.3) is 11.1 Å². The van der Waals surface area contributed by atoms with Gasteiger partial charge in [-0.05, 0) is 41.7 Å². The van der Waals surface area contributed by atoms with Gasteiger partial charge in [0.1, 0.15) is 0 Å². The van der Waals surface area contributed by atoms with Crippen LogP contribution in [-0.2, 0) is 17.6 Å². The zero-order valence-corrected chi connectivity index (χ0v) is 13.2. The molecule has 0 radical (unpaired) electrons. The third kappa shape index (κ3) is 2.98. The Bertz CT molecular complexity index is 688. The van der Waals surface area contributed by atoms with Gasteiger partial charge < -0.3 is 10.5 Å². The molecule has 0 saturated heterocycles. The third-order valence-electron chi connectivity index (χ3n) is 4.02. The molecule has 1 unspecified atom stereocenters. The lowest BCUT2D eigenvalue weighted by Gasteiger charge is -2.14. The van der Waals surface area contributed by atoms with Crippen LogP contribution in [-0.4, -0.2) is 23.9 Å². The molecule has 4 nitrogen and oxygen atoms in total. The van der Waals surface area contributed by atoms with E-state index in [1.165, 1.54) is 5.56 Å². The maximum atomic E-state index is 12.1. The van der Waals surface area contributed by atoms with E-state index in [0.29, 0.717) is 18.7 Å². The average Bonchev–Trinajstić information content (AvgIpc) is 2.66. The van der Waals surface area contributed by atoms with Gasteiger partial charge in [0.15, 0.2) is 5.78 Å². The highest BCUT2D eigenvalue weighted by Gasteiger charge is 2.23. The second-order valence-corrected chi connectivity index (χ2v) is 5.29. The number of nitrogens with two attached hydrogens (primary N) is 1. The number of methoxy groups -OCH3 is 1. The lowest BCUT2D eigenvalue weighted by molar-refractivity contribution is -0.119. The van der Waals surface area contributed by atoms with Gasteiger partial charge in [-0.2, -0.15) is 0 Å². The number of Topliss-reactive ketones (excluding diaryl/α,β-unsaturated/α-hetero) is 1. The number of carbonyl (C=O) groups is 1. The molecule has 5 heteroatoms. The predicted molar refractivity (Wildman–Crippen MR) is 88.5 cm³/mol. The van der Waals surface area contributed by atoms with E-state index in [2.05, 4.69) is 11.1 Å². The smallest absolute Gasteiger partial charge is 0.221 e. The van der Waals surface area contributed by atoms with Crippen molar-refractivity contribution in [2.24, 2.45) is 5.73 Å². The van der Waals surface area contributed by atoms with E-state index in [4.69, 9.17) is 10.5 Å². The number of ketones is 1. The number of ether oxygens (including phenoxy) is 1. The molecule has 2 aromatic rings. The molecule has 116 valence electrons. The fourth-order valence-electron chi connectivity index (χ4n) is 2.87. The summed E-state index contributed by atoms with van der Waals surface area (Å²) in [6, 6.07) is 9.59. The summed E-state index contributed by atoms with van der Waals surface area (Å²) in [7, 11) is 1.61. The Morgan fingerprint density at radius 2 is 2.00 bits per heavy atom. The van der Waals surface area contributed by atoms with Gasteiger partial charge in [0, 0.05) is 18.2 Å². The average molecular weight is 319 g/mol. The van der Waals surface area contributed by atoms with Crippen molar-refractivity contribution in [1.29, 1.82) is 0 Å². The van der Waals surface area contributed by atoms with Crippen LogP contribution in [0.1, 0.15) is 17.5 Å². The third-order valence-corrected chi connectivity index (χ3v) is 4.02. The van der Waals surface area contributed by atoms with Crippen LogP contribution in [0.3, 0.4) is 0 Å². The number of nitrogens with zero attached hydrogens (tertiary/aromatic N) is 1. The van der Waals surface area contributed by atoms with Crippen LogP contribution in [0.5, 0.6) is 5.88 Å².